The van der Waals surface area contributed by atoms with Crippen LogP contribution in [0.15, 0.2) is 38.3 Å². The number of ether oxygens (including phenoxy) is 2. The molecule has 6 nitrogen and oxygen atoms in total. The van der Waals surface area contributed by atoms with E-state index >= 15 is 0 Å². The topological polar surface area (TPSA) is 80.2 Å². The van der Waals surface area contributed by atoms with Gasteiger partial charge in [-0.15, -0.1) is 0 Å². The number of phenolic OH excluding ortho intramolecular Hbond substituents is 1. The summed E-state index contributed by atoms with van der Waals surface area (Å²) < 4.78 is 11.8. The van der Waals surface area contributed by atoms with Crippen molar-refractivity contribution in [3.8, 4) is 17.2 Å². The second-order valence-corrected chi connectivity index (χ2v) is 7.14. The third-order valence-electron chi connectivity index (χ3n) is 3.48. The highest BCUT2D eigenvalue weighted by Gasteiger charge is 2.14. The predicted molar refractivity (Wildman–Crippen MR) is 107 cm³/mol. The number of methoxy groups -OCH3 is 1. The Morgan fingerprint density at radius 1 is 1.27 bits per heavy atom. The average molecular weight is 486 g/mol. The molecule has 1 amide bonds. The molecule has 0 fully saturated rings. The van der Waals surface area contributed by atoms with Gasteiger partial charge in [-0.25, -0.2) is 5.43 Å². The Morgan fingerprint density at radius 3 is 2.65 bits per heavy atom. The van der Waals surface area contributed by atoms with Crippen LogP contribution in [-0.4, -0.2) is 30.9 Å². The van der Waals surface area contributed by atoms with Crippen molar-refractivity contribution >= 4 is 44.0 Å². The van der Waals surface area contributed by atoms with Crippen molar-refractivity contribution in [3.05, 3.63) is 49.9 Å². The minimum Gasteiger partial charge on any atom is -0.504 e. The van der Waals surface area contributed by atoms with Crippen LogP contribution >= 0.6 is 31.9 Å². The van der Waals surface area contributed by atoms with E-state index in [9.17, 15) is 9.90 Å². The molecule has 0 heterocycles. The van der Waals surface area contributed by atoms with Gasteiger partial charge in [0.15, 0.2) is 18.1 Å². The maximum absolute atomic E-state index is 11.9. The summed E-state index contributed by atoms with van der Waals surface area (Å²) in [5, 5.41) is 14.0. The largest absolute Gasteiger partial charge is 0.504 e. The summed E-state index contributed by atoms with van der Waals surface area (Å²) >= 11 is 6.69. The fourth-order valence-corrected chi connectivity index (χ4v) is 3.02. The number of hydrogen-bond donors (Lipinski definition) is 2. The predicted octanol–water partition coefficient (Wildman–Crippen LogP) is 4.07. The van der Waals surface area contributed by atoms with Crippen molar-refractivity contribution in [2.24, 2.45) is 5.10 Å². The third kappa shape index (κ3) is 4.98. The van der Waals surface area contributed by atoms with Gasteiger partial charge in [0.05, 0.1) is 18.9 Å². The summed E-state index contributed by atoms with van der Waals surface area (Å²) in [7, 11) is 1.45. The van der Waals surface area contributed by atoms with Crippen LogP contribution in [0.2, 0.25) is 0 Å². The van der Waals surface area contributed by atoms with Crippen molar-refractivity contribution in [1.29, 1.82) is 0 Å². The Bertz CT molecular complexity index is 854. The second kappa shape index (κ2) is 9.05. The number of aromatic hydroxyl groups is 1. The van der Waals surface area contributed by atoms with Crippen LogP contribution in [0.4, 0.5) is 0 Å². The SMILES string of the molecule is COc1cc(Br)c(Br)c(/C=N/NC(=O)COc2ccc(C)cc2C)c1O. The Morgan fingerprint density at radius 2 is 2.00 bits per heavy atom. The van der Waals surface area contributed by atoms with Gasteiger partial charge >= 0.3 is 0 Å². The van der Waals surface area contributed by atoms with Crippen LogP contribution < -0.4 is 14.9 Å². The lowest BCUT2D eigenvalue weighted by Gasteiger charge is -2.10. The quantitative estimate of drug-likeness (QED) is 0.477. The zero-order chi connectivity index (χ0) is 19.3. The first-order valence-corrected chi connectivity index (χ1v) is 9.19. The van der Waals surface area contributed by atoms with E-state index in [1.807, 2.05) is 32.0 Å². The Balaban J connectivity index is 2.00. The lowest BCUT2D eigenvalue weighted by molar-refractivity contribution is -0.123. The molecule has 0 aliphatic carbocycles. The molecule has 0 aromatic heterocycles. The molecule has 0 saturated carbocycles. The lowest BCUT2D eigenvalue weighted by atomic mass is 10.1. The van der Waals surface area contributed by atoms with Crippen LogP contribution in [0, 0.1) is 13.8 Å². The summed E-state index contributed by atoms with van der Waals surface area (Å²) in [6.07, 6.45) is 1.32. The molecule has 0 aliphatic rings. The molecule has 0 saturated heterocycles. The van der Waals surface area contributed by atoms with E-state index in [0.717, 1.165) is 11.1 Å². The normalized spacial score (nSPS) is 10.8. The summed E-state index contributed by atoms with van der Waals surface area (Å²) in [6, 6.07) is 7.34. The lowest BCUT2D eigenvalue weighted by Crippen LogP contribution is -2.24. The number of halogens is 2. The van der Waals surface area contributed by atoms with Gasteiger partial charge in [0.25, 0.3) is 5.91 Å². The molecule has 0 aliphatic heterocycles. The molecule has 138 valence electrons. The van der Waals surface area contributed by atoms with Gasteiger partial charge in [-0.05, 0) is 63.4 Å². The number of phenols is 1. The molecule has 2 aromatic carbocycles. The molecule has 0 spiro atoms. The van der Waals surface area contributed by atoms with E-state index in [-0.39, 0.29) is 18.1 Å². The molecule has 0 unspecified atom stereocenters. The molecule has 8 heteroatoms. The maximum atomic E-state index is 11.9. The minimum absolute atomic E-state index is 0.0906. The van der Waals surface area contributed by atoms with Gasteiger partial charge in [0.1, 0.15) is 5.75 Å². The van der Waals surface area contributed by atoms with Crippen molar-refractivity contribution in [3.63, 3.8) is 0 Å². The molecule has 2 rings (SSSR count). The summed E-state index contributed by atoms with van der Waals surface area (Å²) in [4.78, 5) is 11.9. The Hall–Kier alpha value is -2.06. The number of nitrogens with zero attached hydrogens (tertiary/aromatic N) is 1. The van der Waals surface area contributed by atoms with Gasteiger partial charge in [-0.2, -0.15) is 5.10 Å². The van der Waals surface area contributed by atoms with Gasteiger partial charge in [0, 0.05) is 8.95 Å². The number of rotatable bonds is 6. The van der Waals surface area contributed by atoms with E-state index in [1.165, 1.54) is 13.3 Å². The Kier molecular flexibility index (Phi) is 7.05. The van der Waals surface area contributed by atoms with Gasteiger partial charge < -0.3 is 14.6 Å². The number of nitrogens with one attached hydrogen (secondary N) is 1. The summed E-state index contributed by atoms with van der Waals surface area (Å²) in [5.41, 5.74) is 4.81. The van der Waals surface area contributed by atoms with Gasteiger partial charge in [-0.3, -0.25) is 4.79 Å². The zero-order valence-electron chi connectivity index (χ0n) is 14.5. The van der Waals surface area contributed by atoms with Crippen LogP contribution in [0.25, 0.3) is 0 Å². The van der Waals surface area contributed by atoms with E-state index in [2.05, 4.69) is 42.4 Å². The Labute approximate surface area is 168 Å². The van der Waals surface area contributed by atoms with E-state index in [1.54, 1.807) is 6.07 Å². The standard InChI is InChI=1S/C18H18Br2N2O4/c1-10-4-5-14(11(2)6-10)26-9-16(23)22-21-8-12-17(20)13(19)7-15(25-3)18(12)24/h4-8,24H,9H2,1-3H3,(H,22,23)/b21-8+. The smallest absolute Gasteiger partial charge is 0.277 e. The number of carbonyl (C=O) groups is 1. The molecule has 2 aromatic rings. The van der Waals surface area contributed by atoms with Crippen molar-refractivity contribution in [2.45, 2.75) is 13.8 Å². The highest BCUT2D eigenvalue weighted by molar-refractivity contribution is 9.13. The summed E-state index contributed by atoms with van der Waals surface area (Å²) in [5.74, 6) is 0.420. The van der Waals surface area contributed by atoms with Crippen molar-refractivity contribution in [2.75, 3.05) is 13.7 Å². The average Bonchev–Trinajstić information content (AvgIpc) is 2.60. The fraction of sp³-hybridized carbons (Fsp3) is 0.222. The van der Waals surface area contributed by atoms with E-state index in [4.69, 9.17) is 9.47 Å². The first kappa shape index (κ1) is 20.3. The van der Waals surface area contributed by atoms with Crippen molar-refractivity contribution in [1.82, 2.24) is 5.43 Å². The first-order chi connectivity index (χ1) is 12.3. The second-order valence-electron chi connectivity index (χ2n) is 5.49. The highest BCUT2D eigenvalue weighted by atomic mass is 79.9. The van der Waals surface area contributed by atoms with E-state index < -0.39 is 5.91 Å². The molecule has 2 N–H and O–H groups in total. The number of hydrazone groups is 1. The molecule has 0 atom stereocenters. The van der Waals surface area contributed by atoms with Gasteiger partial charge in [0.2, 0.25) is 0 Å². The van der Waals surface area contributed by atoms with Crippen molar-refractivity contribution < 1.29 is 19.4 Å². The number of amides is 1. The molecule has 0 radical (unpaired) electrons. The van der Waals surface area contributed by atoms with Crippen LogP contribution in [0.5, 0.6) is 17.2 Å². The number of benzene rings is 2. The number of aryl methyl sites for hydroxylation is 2. The molecule has 0 bridgehead atoms. The first-order valence-electron chi connectivity index (χ1n) is 7.60. The molecular weight excluding hydrogens is 468 g/mol. The van der Waals surface area contributed by atoms with Crippen LogP contribution in [0.1, 0.15) is 16.7 Å². The van der Waals surface area contributed by atoms with E-state index in [0.29, 0.717) is 20.3 Å². The fourth-order valence-electron chi connectivity index (χ4n) is 2.19. The monoisotopic (exact) mass is 484 g/mol. The molecule has 26 heavy (non-hydrogen) atoms. The maximum Gasteiger partial charge on any atom is 0.277 e. The zero-order valence-corrected chi connectivity index (χ0v) is 17.6. The minimum atomic E-state index is -0.418. The number of hydrogen-bond acceptors (Lipinski definition) is 5. The number of carbonyl (C=O) groups excluding carboxylic acids is 1. The highest BCUT2D eigenvalue weighted by Crippen LogP contribution is 2.39. The summed E-state index contributed by atoms with van der Waals surface area (Å²) in [6.45, 7) is 3.73. The van der Waals surface area contributed by atoms with Crippen LogP contribution in [-0.2, 0) is 4.79 Å². The third-order valence-corrected chi connectivity index (χ3v) is 5.50. The van der Waals surface area contributed by atoms with Crippen LogP contribution in [0.3, 0.4) is 0 Å². The molecular formula is C18H18Br2N2O4. The van der Waals surface area contributed by atoms with Gasteiger partial charge in [-0.1, -0.05) is 17.7 Å².